The molecule has 0 saturated carbocycles. The fraction of sp³-hybridized carbons (Fsp3) is 0.0909. The second kappa shape index (κ2) is 6.29. The molecule has 0 bridgehead atoms. The Labute approximate surface area is 156 Å². The Morgan fingerprint density at radius 3 is 2.78 bits per heavy atom. The number of nitrogens with one attached hydrogen (secondary N) is 1. The van der Waals surface area contributed by atoms with E-state index in [1.165, 1.54) is 5.56 Å². The third-order valence-electron chi connectivity index (χ3n) is 4.87. The lowest BCUT2D eigenvalue weighted by molar-refractivity contribution is 0.414. The number of nitrogens with zero attached hydrogens (tertiary/aromatic N) is 3. The van der Waals surface area contributed by atoms with E-state index in [2.05, 4.69) is 62.0 Å². The van der Waals surface area contributed by atoms with E-state index in [0.29, 0.717) is 0 Å². The van der Waals surface area contributed by atoms with Gasteiger partial charge in [-0.2, -0.15) is 0 Å². The van der Waals surface area contributed by atoms with Gasteiger partial charge < -0.3 is 14.3 Å². The number of H-pyrrole nitrogens is 1. The first kappa shape index (κ1) is 15.6. The van der Waals surface area contributed by atoms with Crippen LogP contribution in [0.2, 0.25) is 0 Å². The van der Waals surface area contributed by atoms with E-state index >= 15 is 0 Å². The van der Waals surface area contributed by atoms with Crippen LogP contribution in [0.3, 0.4) is 0 Å². The normalized spacial score (nSPS) is 11.3. The van der Waals surface area contributed by atoms with Gasteiger partial charge in [-0.3, -0.25) is 0 Å². The smallest absolute Gasteiger partial charge is 0.138 e. The van der Waals surface area contributed by atoms with E-state index in [4.69, 9.17) is 4.74 Å². The third-order valence-corrected chi connectivity index (χ3v) is 4.87. The summed E-state index contributed by atoms with van der Waals surface area (Å²) in [5.41, 5.74) is 6.43. The third kappa shape index (κ3) is 2.73. The summed E-state index contributed by atoms with van der Waals surface area (Å²) in [5, 5.41) is 1.04. The van der Waals surface area contributed by atoms with Gasteiger partial charge in [0, 0.05) is 23.7 Å². The summed E-state index contributed by atoms with van der Waals surface area (Å²) < 4.78 is 7.52. The standard InChI is InChI=1S/C22H18N4O/c1-27-17-10-18-19(12-24-22(18)23-11-17)16-7-8-20-21(9-16)26(14-25-20)13-15-5-3-2-4-6-15/h2-12,14H,13H2,1H3,(H,23,24). The maximum atomic E-state index is 5.34. The van der Waals surface area contributed by atoms with E-state index in [0.717, 1.165) is 45.5 Å². The molecule has 0 aliphatic heterocycles. The van der Waals surface area contributed by atoms with Crippen LogP contribution in [-0.4, -0.2) is 26.6 Å². The van der Waals surface area contributed by atoms with Crippen molar-refractivity contribution in [1.82, 2.24) is 19.5 Å². The minimum absolute atomic E-state index is 0.749. The Balaban J connectivity index is 1.61. The number of hydrogen-bond acceptors (Lipinski definition) is 3. The molecule has 5 aromatic rings. The predicted octanol–water partition coefficient (Wildman–Crippen LogP) is 4.64. The van der Waals surface area contributed by atoms with Gasteiger partial charge >= 0.3 is 0 Å². The molecule has 0 unspecified atom stereocenters. The van der Waals surface area contributed by atoms with Crippen molar-refractivity contribution in [2.45, 2.75) is 6.54 Å². The highest BCUT2D eigenvalue weighted by Crippen LogP contribution is 2.31. The number of aromatic amines is 1. The maximum absolute atomic E-state index is 5.34. The van der Waals surface area contributed by atoms with Crippen molar-refractivity contribution >= 4 is 22.1 Å². The highest BCUT2D eigenvalue weighted by Gasteiger charge is 2.11. The number of fused-ring (bicyclic) bond motifs is 2. The van der Waals surface area contributed by atoms with Crippen LogP contribution in [0.1, 0.15) is 5.56 Å². The molecule has 0 saturated heterocycles. The fourth-order valence-electron chi connectivity index (χ4n) is 3.47. The van der Waals surface area contributed by atoms with Gasteiger partial charge in [0.05, 0.1) is 30.7 Å². The van der Waals surface area contributed by atoms with Crippen molar-refractivity contribution in [3.63, 3.8) is 0 Å². The number of rotatable bonds is 4. The molecule has 3 aromatic heterocycles. The van der Waals surface area contributed by atoms with Crippen molar-refractivity contribution in [2.24, 2.45) is 0 Å². The van der Waals surface area contributed by atoms with Crippen molar-refractivity contribution in [2.75, 3.05) is 7.11 Å². The summed E-state index contributed by atoms with van der Waals surface area (Å²) in [7, 11) is 1.66. The summed E-state index contributed by atoms with van der Waals surface area (Å²) in [6, 6.07) is 18.8. The molecule has 0 fully saturated rings. The molecule has 0 aliphatic carbocycles. The molecule has 0 spiro atoms. The number of hydrogen-bond donors (Lipinski definition) is 1. The van der Waals surface area contributed by atoms with Crippen LogP contribution in [0.15, 0.2) is 73.3 Å². The number of methoxy groups -OCH3 is 1. The number of aromatic nitrogens is 4. The van der Waals surface area contributed by atoms with E-state index in [1.807, 2.05) is 24.7 Å². The lowest BCUT2D eigenvalue weighted by Crippen LogP contribution is -1.97. The average Bonchev–Trinajstić information content (AvgIpc) is 3.32. The van der Waals surface area contributed by atoms with Gasteiger partial charge in [0.25, 0.3) is 0 Å². The number of imidazole rings is 1. The van der Waals surface area contributed by atoms with Crippen LogP contribution >= 0.6 is 0 Å². The van der Waals surface area contributed by atoms with Crippen molar-refractivity contribution in [3.05, 3.63) is 78.9 Å². The van der Waals surface area contributed by atoms with Crippen LogP contribution in [0.5, 0.6) is 5.75 Å². The molecular weight excluding hydrogens is 336 g/mol. The Hall–Kier alpha value is -3.60. The summed E-state index contributed by atoms with van der Waals surface area (Å²) >= 11 is 0. The van der Waals surface area contributed by atoms with E-state index in [9.17, 15) is 0 Å². The van der Waals surface area contributed by atoms with Gasteiger partial charge in [0.1, 0.15) is 11.4 Å². The van der Waals surface area contributed by atoms with Gasteiger partial charge in [-0.15, -0.1) is 0 Å². The minimum Gasteiger partial charge on any atom is -0.495 e. The molecule has 0 atom stereocenters. The highest BCUT2D eigenvalue weighted by atomic mass is 16.5. The first-order chi connectivity index (χ1) is 13.3. The van der Waals surface area contributed by atoms with Crippen molar-refractivity contribution < 1.29 is 4.74 Å². The largest absolute Gasteiger partial charge is 0.495 e. The average molecular weight is 354 g/mol. The quantitative estimate of drug-likeness (QED) is 0.512. The monoisotopic (exact) mass is 354 g/mol. The Bertz CT molecular complexity index is 1240. The zero-order valence-electron chi connectivity index (χ0n) is 14.9. The fourth-order valence-corrected chi connectivity index (χ4v) is 3.47. The van der Waals surface area contributed by atoms with Crippen LogP contribution in [0, 0.1) is 0 Å². The van der Waals surface area contributed by atoms with Gasteiger partial charge in [0.15, 0.2) is 0 Å². The predicted molar refractivity (Wildman–Crippen MR) is 107 cm³/mol. The molecule has 2 aromatic carbocycles. The lowest BCUT2D eigenvalue weighted by Gasteiger charge is -2.06. The number of ether oxygens (including phenoxy) is 1. The van der Waals surface area contributed by atoms with Crippen LogP contribution in [0.4, 0.5) is 0 Å². The highest BCUT2D eigenvalue weighted by molar-refractivity contribution is 5.96. The summed E-state index contributed by atoms with van der Waals surface area (Å²) in [4.78, 5) is 12.2. The molecule has 0 radical (unpaired) electrons. The summed E-state index contributed by atoms with van der Waals surface area (Å²) in [6.07, 6.45) is 5.62. The molecule has 3 heterocycles. The maximum Gasteiger partial charge on any atom is 0.138 e. The van der Waals surface area contributed by atoms with Crippen LogP contribution in [-0.2, 0) is 6.54 Å². The van der Waals surface area contributed by atoms with Crippen LogP contribution < -0.4 is 4.74 Å². The molecule has 132 valence electrons. The first-order valence-corrected chi connectivity index (χ1v) is 8.82. The minimum atomic E-state index is 0.749. The molecule has 5 heteroatoms. The zero-order chi connectivity index (χ0) is 18.2. The number of pyridine rings is 1. The molecule has 27 heavy (non-hydrogen) atoms. The van der Waals surface area contributed by atoms with Crippen molar-refractivity contribution in [1.29, 1.82) is 0 Å². The lowest BCUT2D eigenvalue weighted by atomic mass is 10.1. The summed E-state index contributed by atoms with van der Waals surface area (Å²) in [5.74, 6) is 0.749. The number of benzene rings is 2. The van der Waals surface area contributed by atoms with Crippen molar-refractivity contribution in [3.8, 4) is 16.9 Å². The Kier molecular flexibility index (Phi) is 3.64. The molecule has 0 aliphatic rings. The van der Waals surface area contributed by atoms with Crippen LogP contribution in [0.25, 0.3) is 33.2 Å². The van der Waals surface area contributed by atoms with Gasteiger partial charge in [-0.1, -0.05) is 36.4 Å². The van der Waals surface area contributed by atoms with E-state index < -0.39 is 0 Å². The second-order valence-corrected chi connectivity index (χ2v) is 6.54. The summed E-state index contributed by atoms with van der Waals surface area (Å²) in [6.45, 7) is 0.796. The molecule has 0 amide bonds. The Morgan fingerprint density at radius 2 is 1.93 bits per heavy atom. The second-order valence-electron chi connectivity index (χ2n) is 6.54. The molecule has 5 nitrogen and oxygen atoms in total. The molecule has 5 rings (SSSR count). The Morgan fingerprint density at radius 1 is 1.04 bits per heavy atom. The molecule has 1 N–H and O–H groups in total. The first-order valence-electron chi connectivity index (χ1n) is 8.82. The van der Waals surface area contributed by atoms with Gasteiger partial charge in [-0.25, -0.2) is 9.97 Å². The molecular formula is C22H18N4O. The van der Waals surface area contributed by atoms with Gasteiger partial charge in [0.2, 0.25) is 0 Å². The topological polar surface area (TPSA) is 55.7 Å². The zero-order valence-corrected chi connectivity index (χ0v) is 14.9. The SMILES string of the molecule is COc1cnc2[nH]cc(-c3ccc4ncn(Cc5ccccc5)c4c3)c2c1. The van der Waals surface area contributed by atoms with Gasteiger partial charge in [-0.05, 0) is 29.3 Å². The van der Waals surface area contributed by atoms with E-state index in [1.54, 1.807) is 13.3 Å². The van der Waals surface area contributed by atoms with E-state index in [-0.39, 0.29) is 0 Å².